The van der Waals surface area contributed by atoms with Gasteiger partial charge < -0.3 is 9.15 Å². The van der Waals surface area contributed by atoms with E-state index in [1.165, 1.54) is 11.3 Å². The van der Waals surface area contributed by atoms with E-state index in [0.29, 0.717) is 26.4 Å². The van der Waals surface area contributed by atoms with Crippen LogP contribution in [0.15, 0.2) is 68.1 Å². The Morgan fingerprint density at radius 3 is 2.69 bits per heavy atom. The fraction of sp³-hybridized carbons (Fsp3) is 0.227. The summed E-state index contributed by atoms with van der Waals surface area (Å²) in [6.45, 7) is 5.77. The molecule has 3 heterocycles. The number of esters is 1. The zero-order valence-corrected chi connectivity index (χ0v) is 17.2. The molecule has 0 saturated carbocycles. The number of rotatable bonds is 4. The van der Waals surface area contributed by atoms with Gasteiger partial charge in [-0.1, -0.05) is 41.2 Å². The van der Waals surface area contributed by atoms with Gasteiger partial charge in [0.2, 0.25) is 0 Å². The number of hydrogen-bond donors (Lipinski definition) is 0. The Hall–Kier alpha value is -3.19. The molecule has 0 radical (unpaired) electrons. The van der Waals surface area contributed by atoms with Crippen molar-refractivity contribution >= 4 is 23.4 Å². The number of thiazole rings is 1. The Labute approximate surface area is 171 Å². The van der Waals surface area contributed by atoms with E-state index in [4.69, 9.17) is 9.15 Å². The lowest BCUT2D eigenvalue weighted by atomic mass is 9.95. The molecule has 0 spiro atoms. The van der Waals surface area contributed by atoms with E-state index in [0.717, 1.165) is 11.1 Å². The number of carbonyl (C=O) groups excluding carboxylic acids is 1. The van der Waals surface area contributed by atoms with Crippen molar-refractivity contribution in [2.75, 3.05) is 6.61 Å². The molecule has 0 aliphatic carbocycles. The molecular weight excluding hydrogens is 388 g/mol. The normalized spacial score (nSPS) is 16.5. The van der Waals surface area contributed by atoms with Crippen molar-refractivity contribution in [2.45, 2.75) is 26.8 Å². The molecule has 148 valence electrons. The molecule has 0 unspecified atom stereocenters. The third-order valence-corrected chi connectivity index (χ3v) is 5.71. The van der Waals surface area contributed by atoms with Gasteiger partial charge in [0.15, 0.2) is 4.80 Å². The van der Waals surface area contributed by atoms with E-state index in [9.17, 15) is 9.59 Å². The van der Waals surface area contributed by atoms with Gasteiger partial charge in [-0.3, -0.25) is 9.36 Å². The van der Waals surface area contributed by atoms with Crippen molar-refractivity contribution in [1.29, 1.82) is 0 Å². The fourth-order valence-electron chi connectivity index (χ4n) is 3.36. The molecule has 1 aromatic carbocycles. The van der Waals surface area contributed by atoms with Gasteiger partial charge in [-0.2, -0.15) is 0 Å². The van der Waals surface area contributed by atoms with Crippen molar-refractivity contribution in [1.82, 2.24) is 4.57 Å². The highest BCUT2D eigenvalue weighted by Gasteiger charge is 2.33. The summed E-state index contributed by atoms with van der Waals surface area (Å²) in [5, 5.41) is 0. The standard InChI is InChI=1S/C22H20N2O4S/c1-4-27-21(26)18-14(3)23-22-24(19(18)15-9-7-13(2)8-10-15)20(25)17(29-22)12-16-6-5-11-28-16/h5-12,19H,4H2,1-3H3/b17-12-/t19-/m0/s1. The van der Waals surface area contributed by atoms with Gasteiger partial charge in [0.05, 0.1) is 34.7 Å². The molecular formula is C22H20N2O4S. The van der Waals surface area contributed by atoms with E-state index >= 15 is 0 Å². The predicted octanol–water partition coefficient (Wildman–Crippen LogP) is 2.70. The first kappa shape index (κ1) is 19.1. The quantitative estimate of drug-likeness (QED) is 0.622. The summed E-state index contributed by atoms with van der Waals surface area (Å²) in [5.74, 6) is 0.128. The highest BCUT2D eigenvalue weighted by Crippen LogP contribution is 2.30. The van der Waals surface area contributed by atoms with E-state index in [1.54, 1.807) is 42.9 Å². The van der Waals surface area contributed by atoms with Crippen LogP contribution in [-0.2, 0) is 9.53 Å². The second-order valence-corrected chi connectivity index (χ2v) is 7.74. The van der Waals surface area contributed by atoms with Gasteiger partial charge >= 0.3 is 5.97 Å². The Morgan fingerprint density at radius 2 is 2.03 bits per heavy atom. The maximum Gasteiger partial charge on any atom is 0.338 e. The second-order valence-electron chi connectivity index (χ2n) is 6.73. The highest BCUT2D eigenvalue weighted by molar-refractivity contribution is 7.07. The number of fused-ring (bicyclic) bond motifs is 1. The molecule has 1 aliphatic heterocycles. The first-order valence-electron chi connectivity index (χ1n) is 9.29. The number of aryl methyl sites for hydroxylation is 1. The number of ether oxygens (including phenoxy) is 1. The lowest BCUT2D eigenvalue weighted by Gasteiger charge is -2.24. The van der Waals surface area contributed by atoms with Crippen molar-refractivity contribution < 1.29 is 13.9 Å². The van der Waals surface area contributed by atoms with Crippen LogP contribution < -0.4 is 14.9 Å². The molecule has 0 amide bonds. The summed E-state index contributed by atoms with van der Waals surface area (Å²) in [5.41, 5.74) is 2.65. The first-order valence-corrected chi connectivity index (χ1v) is 10.1. The van der Waals surface area contributed by atoms with Crippen molar-refractivity contribution in [3.05, 3.63) is 90.5 Å². The lowest BCUT2D eigenvalue weighted by Crippen LogP contribution is -2.39. The molecule has 4 rings (SSSR count). The van der Waals surface area contributed by atoms with Crippen LogP contribution in [-0.4, -0.2) is 17.1 Å². The smallest absolute Gasteiger partial charge is 0.338 e. The summed E-state index contributed by atoms with van der Waals surface area (Å²) in [4.78, 5) is 31.1. The van der Waals surface area contributed by atoms with Crippen LogP contribution in [0, 0.1) is 6.92 Å². The van der Waals surface area contributed by atoms with Crippen LogP contribution in [0.2, 0.25) is 0 Å². The van der Waals surface area contributed by atoms with Gasteiger partial charge in [0.1, 0.15) is 5.76 Å². The molecule has 29 heavy (non-hydrogen) atoms. The minimum Gasteiger partial charge on any atom is -0.465 e. The molecule has 0 N–H and O–H groups in total. The molecule has 7 heteroatoms. The average Bonchev–Trinajstić information content (AvgIpc) is 3.30. The summed E-state index contributed by atoms with van der Waals surface area (Å²) in [6, 6.07) is 10.7. The zero-order chi connectivity index (χ0) is 20.5. The summed E-state index contributed by atoms with van der Waals surface area (Å²) >= 11 is 1.27. The number of nitrogens with zero attached hydrogens (tertiary/aromatic N) is 2. The Kier molecular flexibility index (Phi) is 5.07. The summed E-state index contributed by atoms with van der Waals surface area (Å²) in [6.07, 6.45) is 3.25. The minimum absolute atomic E-state index is 0.218. The van der Waals surface area contributed by atoms with Crippen molar-refractivity contribution in [2.24, 2.45) is 4.99 Å². The average molecular weight is 408 g/mol. The van der Waals surface area contributed by atoms with Crippen molar-refractivity contribution in [3.63, 3.8) is 0 Å². The second kappa shape index (κ2) is 7.67. The molecule has 2 aromatic heterocycles. The van der Waals surface area contributed by atoms with E-state index in [1.807, 2.05) is 31.2 Å². The Bertz CT molecular complexity index is 1260. The number of furan rings is 1. The number of aromatic nitrogens is 1. The highest BCUT2D eigenvalue weighted by atomic mass is 32.1. The molecule has 0 bridgehead atoms. The van der Waals surface area contributed by atoms with Gasteiger partial charge in [-0.25, -0.2) is 9.79 Å². The van der Waals surface area contributed by atoms with Crippen LogP contribution in [0.5, 0.6) is 0 Å². The van der Waals surface area contributed by atoms with Crippen LogP contribution in [0.1, 0.15) is 36.8 Å². The van der Waals surface area contributed by atoms with Gasteiger partial charge in [-0.05, 0) is 38.5 Å². The topological polar surface area (TPSA) is 73.8 Å². The third kappa shape index (κ3) is 3.49. The van der Waals surface area contributed by atoms with Crippen LogP contribution in [0.3, 0.4) is 0 Å². The van der Waals surface area contributed by atoms with Gasteiger partial charge in [-0.15, -0.1) is 0 Å². The van der Waals surface area contributed by atoms with Crippen molar-refractivity contribution in [3.8, 4) is 0 Å². The zero-order valence-electron chi connectivity index (χ0n) is 16.3. The first-order chi connectivity index (χ1) is 14.0. The van der Waals surface area contributed by atoms with Crippen LogP contribution in [0.4, 0.5) is 0 Å². The third-order valence-electron chi connectivity index (χ3n) is 4.73. The van der Waals surface area contributed by atoms with Crippen LogP contribution in [0.25, 0.3) is 6.08 Å². The van der Waals surface area contributed by atoms with E-state index < -0.39 is 12.0 Å². The Balaban J connectivity index is 1.97. The van der Waals surface area contributed by atoms with Gasteiger partial charge in [0.25, 0.3) is 5.56 Å². The van der Waals surface area contributed by atoms with E-state index in [-0.39, 0.29) is 12.2 Å². The monoisotopic (exact) mass is 408 g/mol. The largest absolute Gasteiger partial charge is 0.465 e. The number of carbonyl (C=O) groups is 1. The maximum atomic E-state index is 13.3. The van der Waals surface area contributed by atoms with Gasteiger partial charge in [0, 0.05) is 6.08 Å². The van der Waals surface area contributed by atoms with E-state index in [2.05, 4.69) is 4.99 Å². The predicted molar refractivity (Wildman–Crippen MR) is 110 cm³/mol. The number of allylic oxidation sites excluding steroid dienone is 1. The SMILES string of the molecule is CCOC(=O)C1=C(C)N=c2s/c(=C\c3ccco3)c(=O)n2[C@H]1c1ccc(C)cc1. The molecule has 6 nitrogen and oxygen atoms in total. The molecule has 3 aromatic rings. The van der Waals surface area contributed by atoms with Crippen LogP contribution >= 0.6 is 11.3 Å². The minimum atomic E-state index is -0.593. The maximum absolute atomic E-state index is 13.3. The number of hydrogen-bond acceptors (Lipinski definition) is 6. The molecule has 0 saturated heterocycles. The summed E-state index contributed by atoms with van der Waals surface area (Å²) < 4.78 is 12.7. The Morgan fingerprint density at radius 1 is 1.28 bits per heavy atom. The lowest BCUT2D eigenvalue weighted by molar-refractivity contribution is -0.139. The number of benzene rings is 1. The summed E-state index contributed by atoms with van der Waals surface area (Å²) in [7, 11) is 0. The molecule has 0 fully saturated rings. The fourth-order valence-corrected chi connectivity index (χ4v) is 4.38. The molecule has 1 aliphatic rings. The molecule has 1 atom stereocenters.